The molecule has 0 aromatic rings. The van der Waals surface area contributed by atoms with Gasteiger partial charge in [0.2, 0.25) is 0 Å². The summed E-state index contributed by atoms with van der Waals surface area (Å²) in [7, 11) is 0. The molecule has 0 heteroatoms. The predicted molar refractivity (Wildman–Crippen MR) is 57.2 cm³/mol. The summed E-state index contributed by atoms with van der Waals surface area (Å²) in [6.45, 7) is 6.74. The normalized spacial score (nSPS) is 11.0. The monoisotopic (exact) mass is 169 g/mol. The summed E-state index contributed by atoms with van der Waals surface area (Å²) in [5.41, 5.74) is 0. The second kappa shape index (κ2) is 9.09. The van der Waals surface area contributed by atoms with Crippen molar-refractivity contribution in [2.45, 2.75) is 72.1 Å². The summed E-state index contributed by atoms with van der Waals surface area (Å²) in [5.74, 6) is 1.59. The highest BCUT2D eigenvalue weighted by Crippen LogP contribution is 2.12. The Morgan fingerprint density at radius 2 is 1.25 bits per heavy atom. The van der Waals surface area contributed by atoms with Crippen LogP contribution in [0.4, 0.5) is 0 Å². The third kappa shape index (κ3) is 10.0. The Kier molecular flexibility index (Phi) is 9.09. The van der Waals surface area contributed by atoms with Crippen molar-refractivity contribution in [2.75, 3.05) is 0 Å². The molecular formula is C12H25-. The van der Waals surface area contributed by atoms with Crippen molar-refractivity contribution < 1.29 is 0 Å². The molecule has 0 aromatic heterocycles. The highest BCUT2D eigenvalue weighted by molar-refractivity contribution is 4.75. The molecule has 0 aromatic carbocycles. The lowest BCUT2D eigenvalue weighted by Gasteiger charge is -2.15. The summed E-state index contributed by atoms with van der Waals surface area (Å²) in [5, 5.41) is 0. The largest absolute Gasteiger partial charge is 0.320 e. The smallest absolute Gasteiger partial charge is 0.0533 e. The molecule has 0 rings (SSSR count). The molecule has 0 unspecified atom stereocenters. The van der Waals surface area contributed by atoms with E-state index in [0.29, 0.717) is 0 Å². The van der Waals surface area contributed by atoms with Gasteiger partial charge < -0.3 is 5.92 Å². The third-order valence-electron chi connectivity index (χ3n) is 2.28. The molecule has 0 aliphatic rings. The quantitative estimate of drug-likeness (QED) is 0.363. The van der Waals surface area contributed by atoms with Gasteiger partial charge in [-0.15, -0.1) is 0 Å². The van der Waals surface area contributed by atoms with Crippen LogP contribution in [0.1, 0.15) is 72.1 Å². The highest BCUT2D eigenvalue weighted by Gasteiger charge is 1.88. The van der Waals surface area contributed by atoms with Crippen molar-refractivity contribution in [2.24, 2.45) is 0 Å². The van der Waals surface area contributed by atoms with Crippen molar-refractivity contribution >= 4 is 0 Å². The standard InChI is InChI=1S/C12H25/c1-4-5-6-7-8-9-10-11-12(2)3/h4-11H2,1-3H3/q-1. The fourth-order valence-corrected chi connectivity index (χ4v) is 1.44. The third-order valence-corrected chi connectivity index (χ3v) is 2.28. The minimum absolute atomic E-state index is 1.34. The fourth-order valence-electron chi connectivity index (χ4n) is 1.44. The number of hydrogen-bond donors (Lipinski definition) is 0. The predicted octanol–water partition coefficient (Wildman–Crippen LogP) is 4.74. The second-order valence-electron chi connectivity index (χ2n) is 4.08. The van der Waals surface area contributed by atoms with E-state index in [9.17, 15) is 0 Å². The van der Waals surface area contributed by atoms with E-state index in [0.717, 1.165) is 0 Å². The van der Waals surface area contributed by atoms with Crippen molar-refractivity contribution in [3.8, 4) is 0 Å². The van der Waals surface area contributed by atoms with Gasteiger partial charge in [-0.3, -0.25) is 0 Å². The maximum absolute atomic E-state index is 2.27. The molecule has 0 aliphatic carbocycles. The zero-order valence-electron chi connectivity index (χ0n) is 9.16. The van der Waals surface area contributed by atoms with E-state index in [1.165, 1.54) is 51.4 Å². The first-order valence-electron chi connectivity index (χ1n) is 5.56. The first-order valence-corrected chi connectivity index (χ1v) is 5.56. The summed E-state index contributed by atoms with van der Waals surface area (Å²) in [6, 6.07) is 0. The van der Waals surface area contributed by atoms with E-state index in [1.807, 2.05) is 0 Å². The molecule has 0 N–H and O–H groups in total. The van der Waals surface area contributed by atoms with Gasteiger partial charge in [-0.2, -0.15) is 20.3 Å². The van der Waals surface area contributed by atoms with Gasteiger partial charge in [0.15, 0.2) is 0 Å². The van der Waals surface area contributed by atoms with Crippen LogP contribution < -0.4 is 0 Å². The fraction of sp³-hybridized carbons (Fsp3) is 0.917. The van der Waals surface area contributed by atoms with Gasteiger partial charge in [-0.05, 0) is 0 Å². The van der Waals surface area contributed by atoms with Crippen LogP contribution in [-0.2, 0) is 0 Å². The maximum Gasteiger partial charge on any atom is -0.0533 e. The van der Waals surface area contributed by atoms with E-state index in [4.69, 9.17) is 0 Å². The Bertz CT molecular complexity index is 74.1. The van der Waals surface area contributed by atoms with Gasteiger partial charge >= 0.3 is 0 Å². The highest BCUT2D eigenvalue weighted by atomic mass is 14.0. The van der Waals surface area contributed by atoms with Crippen molar-refractivity contribution in [3.63, 3.8) is 0 Å². The van der Waals surface area contributed by atoms with Crippen LogP contribution >= 0.6 is 0 Å². The zero-order chi connectivity index (χ0) is 9.23. The van der Waals surface area contributed by atoms with E-state index in [2.05, 4.69) is 20.8 Å². The van der Waals surface area contributed by atoms with Crippen molar-refractivity contribution in [3.05, 3.63) is 5.92 Å². The Labute approximate surface area is 78.8 Å². The maximum atomic E-state index is 2.27. The molecule has 0 radical (unpaired) electrons. The molecule has 74 valence electrons. The number of hydrogen-bond acceptors (Lipinski definition) is 0. The SMILES string of the molecule is CCCCCCCCC[C-](C)C. The molecule has 0 nitrogen and oxygen atoms in total. The number of rotatable bonds is 8. The molecule has 0 amide bonds. The van der Waals surface area contributed by atoms with Gasteiger partial charge in [0.05, 0.1) is 0 Å². The molecule has 0 bridgehead atoms. The summed E-state index contributed by atoms with van der Waals surface area (Å²) < 4.78 is 0. The van der Waals surface area contributed by atoms with E-state index >= 15 is 0 Å². The van der Waals surface area contributed by atoms with Crippen LogP contribution in [0, 0.1) is 5.92 Å². The molecule has 0 spiro atoms. The first-order chi connectivity index (χ1) is 5.77. The van der Waals surface area contributed by atoms with Crippen LogP contribution in [0.15, 0.2) is 0 Å². The minimum Gasteiger partial charge on any atom is -0.320 e. The summed E-state index contributed by atoms with van der Waals surface area (Å²) in [4.78, 5) is 0. The average molecular weight is 169 g/mol. The summed E-state index contributed by atoms with van der Waals surface area (Å²) >= 11 is 0. The second-order valence-corrected chi connectivity index (χ2v) is 4.08. The van der Waals surface area contributed by atoms with Gasteiger partial charge in [-0.1, -0.05) is 51.9 Å². The molecule has 0 atom stereocenters. The van der Waals surface area contributed by atoms with E-state index in [1.54, 1.807) is 5.92 Å². The van der Waals surface area contributed by atoms with Crippen LogP contribution in [0.5, 0.6) is 0 Å². The van der Waals surface area contributed by atoms with E-state index in [-0.39, 0.29) is 0 Å². The minimum atomic E-state index is 1.34. The van der Waals surface area contributed by atoms with Crippen LogP contribution in [0.3, 0.4) is 0 Å². The topological polar surface area (TPSA) is 0 Å². The Morgan fingerprint density at radius 1 is 0.750 bits per heavy atom. The Balaban J connectivity index is 2.82. The molecule has 0 heterocycles. The first kappa shape index (κ1) is 12.0. The van der Waals surface area contributed by atoms with Gasteiger partial charge in [0.25, 0.3) is 0 Å². The lowest BCUT2D eigenvalue weighted by atomic mass is 10.0. The lowest BCUT2D eigenvalue weighted by Crippen LogP contribution is -1.85. The molecule has 0 aliphatic heterocycles. The molecule has 0 saturated heterocycles. The van der Waals surface area contributed by atoms with Crippen LogP contribution in [-0.4, -0.2) is 0 Å². The lowest BCUT2D eigenvalue weighted by molar-refractivity contribution is 0.579. The molecular weight excluding hydrogens is 144 g/mol. The average Bonchev–Trinajstić information content (AvgIpc) is 2.02. The molecule has 0 fully saturated rings. The van der Waals surface area contributed by atoms with Crippen LogP contribution in [0.2, 0.25) is 0 Å². The van der Waals surface area contributed by atoms with Gasteiger partial charge in [-0.25, -0.2) is 0 Å². The van der Waals surface area contributed by atoms with Crippen molar-refractivity contribution in [1.82, 2.24) is 0 Å². The van der Waals surface area contributed by atoms with E-state index < -0.39 is 0 Å². The van der Waals surface area contributed by atoms with Crippen LogP contribution in [0.25, 0.3) is 0 Å². The van der Waals surface area contributed by atoms with Crippen molar-refractivity contribution in [1.29, 1.82) is 0 Å². The Hall–Kier alpha value is 0. The van der Waals surface area contributed by atoms with Gasteiger partial charge in [0.1, 0.15) is 0 Å². The van der Waals surface area contributed by atoms with Gasteiger partial charge in [0, 0.05) is 0 Å². The summed E-state index contributed by atoms with van der Waals surface area (Å²) in [6.07, 6.45) is 11.3. The molecule has 0 saturated carbocycles. The number of unbranched alkanes of at least 4 members (excludes halogenated alkanes) is 6. The molecule has 12 heavy (non-hydrogen) atoms. The Morgan fingerprint density at radius 3 is 1.75 bits per heavy atom. The zero-order valence-corrected chi connectivity index (χ0v) is 9.16.